The standard InChI is InChI=1S/C15H22N2O2S/c1-4-16-9-10-17-14(18)11(2)20-15(17)12-7-5-6-8-13(12)19-3/h5-8,11,15-16H,4,9-10H2,1-3H3. The van der Waals surface area contributed by atoms with Crippen molar-refractivity contribution in [3.63, 3.8) is 0 Å². The molecule has 1 aromatic carbocycles. The zero-order valence-electron chi connectivity index (χ0n) is 12.3. The van der Waals surface area contributed by atoms with Crippen molar-refractivity contribution in [2.45, 2.75) is 24.5 Å². The SMILES string of the molecule is CCNCCN1C(=O)C(C)SC1c1ccccc1OC. The molecule has 1 fully saturated rings. The molecule has 1 amide bonds. The highest BCUT2D eigenvalue weighted by Gasteiger charge is 2.39. The van der Waals surface area contributed by atoms with E-state index in [0.29, 0.717) is 0 Å². The number of nitrogens with one attached hydrogen (secondary N) is 1. The molecule has 0 spiro atoms. The number of amides is 1. The van der Waals surface area contributed by atoms with Gasteiger partial charge in [0.25, 0.3) is 0 Å². The second-order valence-corrected chi connectivity index (χ2v) is 6.18. The number of likely N-dealkylation sites (N-methyl/N-ethyl adjacent to an activating group) is 1. The highest BCUT2D eigenvalue weighted by atomic mass is 32.2. The molecule has 1 saturated heterocycles. The van der Waals surface area contributed by atoms with E-state index in [2.05, 4.69) is 12.2 Å². The molecule has 1 aromatic rings. The van der Waals surface area contributed by atoms with Gasteiger partial charge < -0.3 is 15.0 Å². The molecular weight excluding hydrogens is 272 g/mol. The molecule has 5 heteroatoms. The minimum atomic E-state index is 0.00605. The van der Waals surface area contributed by atoms with Gasteiger partial charge in [0.2, 0.25) is 5.91 Å². The average Bonchev–Trinajstić information content (AvgIpc) is 2.75. The number of methoxy groups -OCH3 is 1. The Morgan fingerprint density at radius 1 is 1.40 bits per heavy atom. The molecule has 2 unspecified atom stereocenters. The van der Waals surface area contributed by atoms with Crippen molar-refractivity contribution in [1.29, 1.82) is 0 Å². The van der Waals surface area contributed by atoms with Crippen molar-refractivity contribution in [2.24, 2.45) is 0 Å². The van der Waals surface area contributed by atoms with E-state index in [1.165, 1.54) is 0 Å². The van der Waals surface area contributed by atoms with Gasteiger partial charge in [-0.3, -0.25) is 4.79 Å². The lowest BCUT2D eigenvalue weighted by molar-refractivity contribution is -0.129. The van der Waals surface area contributed by atoms with Gasteiger partial charge in [0.05, 0.1) is 12.4 Å². The van der Waals surface area contributed by atoms with E-state index in [4.69, 9.17) is 4.74 Å². The van der Waals surface area contributed by atoms with Crippen molar-refractivity contribution in [1.82, 2.24) is 10.2 Å². The lowest BCUT2D eigenvalue weighted by Crippen LogP contribution is -2.36. The molecule has 0 saturated carbocycles. The maximum Gasteiger partial charge on any atom is 0.236 e. The Hall–Kier alpha value is -1.20. The first kappa shape index (κ1) is 15.2. The third-order valence-electron chi connectivity index (χ3n) is 3.43. The summed E-state index contributed by atoms with van der Waals surface area (Å²) in [6.45, 7) is 6.52. The molecule has 4 nitrogen and oxygen atoms in total. The van der Waals surface area contributed by atoms with Crippen LogP contribution in [0, 0.1) is 0 Å². The number of hydrogen-bond donors (Lipinski definition) is 1. The zero-order valence-corrected chi connectivity index (χ0v) is 13.1. The molecule has 1 heterocycles. The fourth-order valence-corrected chi connectivity index (χ4v) is 3.73. The molecule has 2 atom stereocenters. The Labute approximate surface area is 124 Å². The Morgan fingerprint density at radius 3 is 2.85 bits per heavy atom. The van der Waals surface area contributed by atoms with Crippen molar-refractivity contribution in [3.05, 3.63) is 29.8 Å². The summed E-state index contributed by atoms with van der Waals surface area (Å²) >= 11 is 1.69. The summed E-state index contributed by atoms with van der Waals surface area (Å²) in [5.74, 6) is 1.06. The molecule has 0 bridgehead atoms. The summed E-state index contributed by atoms with van der Waals surface area (Å²) in [5, 5.41) is 3.33. The molecule has 0 radical (unpaired) electrons. The predicted octanol–water partition coefficient (Wildman–Crippen LogP) is 2.27. The van der Waals surface area contributed by atoms with Gasteiger partial charge in [-0.2, -0.15) is 0 Å². The summed E-state index contributed by atoms with van der Waals surface area (Å²) in [6, 6.07) is 7.94. The number of rotatable bonds is 6. The number of benzene rings is 1. The normalized spacial score (nSPS) is 22.4. The van der Waals surface area contributed by atoms with E-state index in [-0.39, 0.29) is 16.5 Å². The van der Waals surface area contributed by atoms with Crippen LogP contribution in [0.25, 0.3) is 0 Å². The number of carbonyl (C=O) groups is 1. The van der Waals surface area contributed by atoms with Crippen LogP contribution in [0.1, 0.15) is 24.8 Å². The van der Waals surface area contributed by atoms with Crippen LogP contribution >= 0.6 is 11.8 Å². The maximum atomic E-state index is 12.3. The van der Waals surface area contributed by atoms with Crippen molar-refractivity contribution in [3.8, 4) is 5.75 Å². The van der Waals surface area contributed by atoms with E-state index in [1.807, 2.05) is 36.1 Å². The van der Waals surface area contributed by atoms with Gasteiger partial charge in [-0.15, -0.1) is 11.8 Å². The second-order valence-electron chi connectivity index (χ2n) is 4.76. The van der Waals surface area contributed by atoms with Crippen LogP contribution in [0.3, 0.4) is 0 Å². The first-order valence-corrected chi connectivity index (χ1v) is 7.93. The zero-order chi connectivity index (χ0) is 14.5. The largest absolute Gasteiger partial charge is 0.496 e. The fourth-order valence-electron chi connectivity index (χ4n) is 2.39. The minimum Gasteiger partial charge on any atom is -0.496 e. The smallest absolute Gasteiger partial charge is 0.236 e. The molecule has 1 aliphatic rings. The number of para-hydroxylation sites is 1. The summed E-state index contributed by atoms with van der Waals surface area (Å²) < 4.78 is 5.44. The number of hydrogen-bond acceptors (Lipinski definition) is 4. The molecule has 110 valence electrons. The summed E-state index contributed by atoms with van der Waals surface area (Å²) in [5.41, 5.74) is 1.08. The van der Waals surface area contributed by atoms with Crippen LogP contribution in [-0.4, -0.2) is 42.8 Å². The molecule has 1 N–H and O–H groups in total. The molecular formula is C15H22N2O2S. The fraction of sp³-hybridized carbons (Fsp3) is 0.533. The van der Waals surface area contributed by atoms with Gasteiger partial charge in [0.1, 0.15) is 11.1 Å². The number of nitrogens with zero attached hydrogens (tertiary/aromatic N) is 1. The van der Waals surface area contributed by atoms with Gasteiger partial charge in [-0.25, -0.2) is 0 Å². The van der Waals surface area contributed by atoms with Gasteiger partial charge in [-0.1, -0.05) is 25.1 Å². The van der Waals surface area contributed by atoms with Crippen LogP contribution in [-0.2, 0) is 4.79 Å². The molecule has 0 aliphatic carbocycles. The van der Waals surface area contributed by atoms with Gasteiger partial charge in [0.15, 0.2) is 0 Å². The topological polar surface area (TPSA) is 41.6 Å². The lowest BCUT2D eigenvalue weighted by Gasteiger charge is -2.25. The molecule has 2 rings (SSSR count). The Kier molecular flexibility index (Phi) is 5.31. The second kappa shape index (κ2) is 6.99. The first-order valence-electron chi connectivity index (χ1n) is 6.98. The van der Waals surface area contributed by atoms with Crippen LogP contribution in [0.2, 0.25) is 0 Å². The molecule has 0 aromatic heterocycles. The predicted molar refractivity (Wildman–Crippen MR) is 83.0 cm³/mol. The van der Waals surface area contributed by atoms with E-state index < -0.39 is 0 Å². The van der Waals surface area contributed by atoms with Crippen LogP contribution in [0.4, 0.5) is 0 Å². The monoisotopic (exact) mass is 294 g/mol. The summed E-state index contributed by atoms with van der Waals surface area (Å²) in [6.07, 6.45) is 0. The number of thioether (sulfide) groups is 1. The van der Waals surface area contributed by atoms with Crippen LogP contribution in [0.15, 0.2) is 24.3 Å². The summed E-state index contributed by atoms with van der Waals surface area (Å²) in [7, 11) is 1.67. The minimum absolute atomic E-state index is 0.00605. The van der Waals surface area contributed by atoms with Crippen molar-refractivity contribution < 1.29 is 9.53 Å². The van der Waals surface area contributed by atoms with E-state index in [1.54, 1.807) is 18.9 Å². The van der Waals surface area contributed by atoms with Crippen molar-refractivity contribution >= 4 is 17.7 Å². The van der Waals surface area contributed by atoms with Crippen molar-refractivity contribution in [2.75, 3.05) is 26.7 Å². The molecule has 20 heavy (non-hydrogen) atoms. The average molecular weight is 294 g/mol. The van der Waals surface area contributed by atoms with Gasteiger partial charge >= 0.3 is 0 Å². The van der Waals surface area contributed by atoms with Crippen LogP contribution < -0.4 is 10.1 Å². The highest BCUT2D eigenvalue weighted by molar-refractivity contribution is 8.01. The Morgan fingerprint density at radius 2 is 2.15 bits per heavy atom. The van der Waals surface area contributed by atoms with Gasteiger partial charge in [-0.05, 0) is 19.5 Å². The molecule has 1 aliphatic heterocycles. The van der Waals surface area contributed by atoms with E-state index >= 15 is 0 Å². The lowest BCUT2D eigenvalue weighted by atomic mass is 10.1. The highest BCUT2D eigenvalue weighted by Crippen LogP contribution is 2.45. The number of carbonyl (C=O) groups excluding carboxylic acids is 1. The van der Waals surface area contributed by atoms with Crippen LogP contribution in [0.5, 0.6) is 5.75 Å². The Bertz CT molecular complexity index is 467. The third kappa shape index (κ3) is 3.10. The third-order valence-corrected chi connectivity index (χ3v) is 4.81. The maximum absolute atomic E-state index is 12.3. The quantitative estimate of drug-likeness (QED) is 0.817. The van der Waals surface area contributed by atoms with E-state index in [9.17, 15) is 4.79 Å². The van der Waals surface area contributed by atoms with Gasteiger partial charge in [0, 0.05) is 18.7 Å². The first-order chi connectivity index (χ1) is 9.69. The van der Waals surface area contributed by atoms with E-state index in [0.717, 1.165) is 30.9 Å². The summed E-state index contributed by atoms with van der Waals surface area (Å²) in [4.78, 5) is 14.3. The number of ether oxygens (including phenoxy) is 1. The Balaban J connectivity index is 2.21.